The smallest absolute Gasteiger partial charge is 0.253 e. The molecule has 1 heterocycles. The predicted molar refractivity (Wildman–Crippen MR) is 102 cm³/mol. The number of piperazine rings is 1. The van der Waals surface area contributed by atoms with Crippen molar-refractivity contribution < 1.29 is 13.2 Å². The van der Waals surface area contributed by atoms with E-state index in [0.717, 1.165) is 12.0 Å². The fraction of sp³-hybridized carbons (Fsp3) is 0.350. The summed E-state index contributed by atoms with van der Waals surface area (Å²) in [4.78, 5) is 14.6. The summed E-state index contributed by atoms with van der Waals surface area (Å²) in [6.45, 7) is 5.43. The average Bonchev–Trinajstić information content (AvgIpc) is 2.68. The highest BCUT2D eigenvalue weighted by atomic mass is 32.2. The Bertz CT molecular complexity index is 866. The second-order valence-corrected chi connectivity index (χ2v) is 8.50. The summed E-state index contributed by atoms with van der Waals surface area (Å²) in [5, 5.41) is 0. The van der Waals surface area contributed by atoms with Crippen molar-refractivity contribution in [1.29, 1.82) is 0 Å². The molecular formula is C20H24N2O3S. The van der Waals surface area contributed by atoms with Crippen LogP contribution in [0.25, 0.3) is 0 Å². The van der Waals surface area contributed by atoms with Crippen molar-refractivity contribution in [2.75, 3.05) is 26.2 Å². The number of benzene rings is 2. The van der Waals surface area contributed by atoms with Gasteiger partial charge in [-0.15, -0.1) is 0 Å². The first kappa shape index (κ1) is 18.6. The van der Waals surface area contributed by atoms with Crippen LogP contribution >= 0.6 is 0 Å². The maximum Gasteiger partial charge on any atom is 0.253 e. The highest BCUT2D eigenvalue weighted by Gasteiger charge is 2.30. The van der Waals surface area contributed by atoms with Crippen LogP contribution in [-0.4, -0.2) is 49.7 Å². The van der Waals surface area contributed by atoms with Crippen LogP contribution in [0.1, 0.15) is 28.4 Å². The van der Waals surface area contributed by atoms with Gasteiger partial charge in [-0.05, 0) is 43.2 Å². The standard InChI is InChI=1S/C20H24N2O3S/c1-3-17-6-8-18(9-7-17)20(23)21-12-14-22(15-13-21)26(24,25)19-10-4-16(2)5-11-19/h4-11H,3,12-15H2,1-2H3. The largest absolute Gasteiger partial charge is 0.336 e. The maximum atomic E-state index is 12.7. The summed E-state index contributed by atoms with van der Waals surface area (Å²) in [7, 11) is -3.51. The molecule has 1 saturated heterocycles. The Kier molecular flexibility index (Phi) is 5.44. The molecule has 2 aromatic rings. The summed E-state index contributed by atoms with van der Waals surface area (Å²) < 4.78 is 26.9. The molecule has 138 valence electrons. The number of sulfonamides is 1. The van der Waals surface area contributed by atoms with E-state index in [1.54, 1.807) is 29.2 Å². The molecule has 0 saturated carbocycles. The third-order valence-corrected chi connectivity index (χ3v) is 6.71. The third-order valence-electron chi connectivity index (χ3n) is 4.79. The molecule has 0 aliphatic carbocycles. The van der Waals surface area contributed by atoms with Gasteiger partial charge in [-0.3, -0.25) is 4.79 Å². The van der Waals surface area contributed by atoms with Gasteiger partial charge in [-0.2, -0.15) is 4.31 Å². The Hall–Kier alpha value is -2.18. The van der Waals surface area contributed by atoms with Crippen LogP contribution in [0.15, 0.2) is 53.4 Å². The van der Waals surface area contributed by atoms with E-state index in [9.17, 15) is 13.2 Å². The SMILES string of the molecule is CCc1ccc(C(=O)N2CCN(S(=O)(=O)c3ccc(C)cc3)CC2)cc1. The molecule has 1 fully saturated rings. The fourth-order valence-corrected chi connectivity index (χ4v) is 4.48. The maximum absolute atomic E-state index is 12.7. The number of amides is 1. The van der Waals surface area contributed by atoms with E-state index in [4.69, 9.17) is 0 Å². The lowest BCUT2D eigenvalue weighted by atomic mass is 10.1. The molecule has 0 bridgehead atoms. The van der Waals surface area contributed by atoms with Crippen molar-refractivity contribution in [3.8, 4) is 0 Å². The van der Waals surface area contributed by atoms with E-state index < -0.39 is 10.0 Å². The topological polar surface area (TPSA) is 57.7 Å². The minimum absolute atomic E-state index is 0.0416. The van der Waals surface area contributed by atoms with Crippen LogP contribution in [0.5, 0.6) is 0 Å². The highest BCUT2D eigenvalue weighted by Crippen LogP contribution is 2.19. The quantitative estimate of drug-likeness (QED) is 0.829. The van der Waals surface area contributed by atoms with Crippen LogP contribution in [0.3, 0.4) is 0 Å². The normalized spacial score (nSPS) is 15.8. The number of carbonyl (C=O) groups is 1. The summed E-state index contributed by atoms with van der Waals surface area (Å²) in [5.74, 6) is -0.0416. The minimum atomic E-state index is -3.51. The van der Waals surface area contributed by atoms with Crippen molar-refractivity contribution in [3.05, 3.63) is 65.2 Å². The molecule has 0 atom stereocenters. The number of hydrogen-bond acceptors (Lipinski definition) is 3. The number of hydrogen-bond donors (Lipinski definition) is 0. The molecule has 5 nitrogen and oxygen atoms in total. The number of rotatable bonds is 4. The van der Waals surface area contributed by atoms with Crippen molar-refractivity contribution >= 4 is 15.9 Å². The van der Waals surface area contributed by atoms with Gasteiger partial charge in [0.1, 0.15) is 0 Å². The van der Waals surface area contributed by atoms with Crippen molar-refractivity contribution in [1.82, 2.24) is 9.21 Å². The zero-order valence-corrected chi connectivity index (χ0v) is 16.0. The van der Waals surface area contributed by atoms with Crippen molar-refractivity contribution in [2.45, 2.75) is 25.2 Å². The van der Waals surface area contributed by atoms with Crippen LogP contribution in [-0.2, 0) is 16.4 Å². The molecular weight excluding hydrogens is 348 g/mol. The molecule has 2 aromatic carbocycles. The van der Waals surface area contributed by atoms with E-state index in [1.165, 1.54) is 9.87 Å². The summed E-state index contributed by atoms with van der Waals surface area (Å²) in [5.41, 5.74) is 2.86. The third kappa shape index (κ3) is 3.81. The molecule has 6 heteroatoms. The molecule has 26 heavy (non-hydrogen) atoms. The minimum Gasteiger partial charge on any atom is -0.336 e. The summed E-state index contributed by atoms with van der Waals surface area (Å²) in [6, 6.07) is 14.5. The van der Waals surface area contributed by atoms with E-state index in [-0.39, 0.29) is 5.91 Å². The molecule has 0 radical (unpaired) electrons. The van der Waals surface area contributed by atoms with Gasteiger partial charge in [0.15, 0.2) is 0 Å². The van der Waals surface area contributed by atoms with E-state index in [0.29, 0.717) is 36.6 Å². The Morgan fingerprint density at radius 2 is 1.50 bits per heavy atom. The molecule has 0 N–H and O–H groups in total. The molecule has 3 rings (SSSR count). The first-order chi connectivity index (χ1) is 12.4. The van der Waals surface area contributed by atoms with Gasteiger partial charge in [0.05, 0.1) is 4.90 Å². The van der Waals surface area contributed by atoms with E-state index >= 15 is 0 Å². The van der Waals surface area contributed by atoms with Crippen LogP contribution < -0.4 is 0 Å². The molecule has 0 spiro atoms. The lowest BCUT2D eigenvalue weighted by molar-refractivity contribution is 0.0698. The molecule has 0 aromatic heterocycles. The number of nitrogens with zero attached hydrogens (tertiary/aromatic N) is 2. The van der Waals surface area contributed by atoms with Crippen LogP contribution in [0.4, 0.5) is 0 Å². The van der Waals surface area contributed by atoms with Gasteiger partial charge >= 0.3 is 0 Å². The summed E-state index contributed by atoms with van der Waals surface area (Å²) in [6.07, 6.45) is 0.935. The number of carbonyl (C=O) groups excluding carboxylic acids is 1. The predicted octanol–water partition coefficient (Wildman–Crippen LogP) is 2.70. The Balaban J connectivity index is 1.66. The highest BCUT2D eigenvalue weighted by molar-refractivity contribution is 7.89. The molecule has 0 unspecified atom stereocenters. The van der Waals surface area contributed by atoms with Crippen LogP contribution in [0.2, 0.25) is 0 Å². The first-order valence-electron chi connectivity index (χ1n) is 8.87. The molecule has 1 aliphatic heterocycles. The van der Waals surface area contributed by atoms with Gasteiger partial charge in [0.25, 0.3) is 5.91 Å². The first-order valence-corrected chi connectivity index (χ1v) is 10.3. The average molecular weight is 372 g/mol. The number of aryl methyl sites for hydroxylation is 2. The zero-order valence-electron chi connectivity index (χ0n) is 15.2. The second kappa shape index (κ2) is 7.60. The lowest BCUT2D eigenvalue weighted by Crippen LogP contribution is -2.50. The van der Waals surface area contributed by atoms with Crippen molar-refractivity contribution in [3.63, 3.8) is 0 Å². The molecule has 1 amide bonds. The lowest BCUT2D eigenvalue weighted by Gasteiger charge is -2.34. The zero-order chi connectivity index (χ0) is 18.7. The molecule has 1 aliphatic rings. The van der Waals surface area contributed by atoms with Gasteiger partial charge in [0, 0.05) is 31.7 Å². The van der Waals surface area contributed by atoms with Crippen LogP contribution in [0, 0.1) is 6.92 Å². The van der Waals surface area contributed by atoms with E-state index in [2.05, 4.69) is 6.92 Å². The van der Waals surface area contributed by atoms with Gasteiger partial charge in [-0.1, -0.05) is 36.8 Å². The van der Waals surface area contributed by atoms with E-state index in [1.807, 2.05) is 31.2 Å². The monoisotopic (exact) mass is 372 g/mol. The Morgan fingerprint density at radius 3 is 2.04 bits per heavy atom. The Labute approximate surface area is 155 Å². The van der Waals surface area contributed by atoms with Gasteiger partial charge in [-0.25, -0.2) is 8.42 Å². The second-order valence-electron chi connectivity index (χ2n) is 6.56. The van der Waals surface area contributed by atoms with Gasteiger partial charge < -0.3 is 4.90 Å². The van der Waals surface area contributed by atoms with Crippen molar-refractivity contribution in [2.24, 2.45) is 0 Å². The summed E-state index contributed by atoms with van der Waals surface area (Å²) >= 11 is 0. The van der Waals surface area contributed by atoms with Gasteiger partial charge in [0.2, 0.25) is 10.0 Å². The Morgan fingerprint density at radius 1 is 0.923 bits per heavy atom. The fourth-order valence-electron chi connectivity index (χ4n) is 3.06.